The molecule has 0 spiro atoms. The van der Waals surface area contributed by atoms with E-state index in [0.717, 1.165) is 39.3 Å². The molecule has 5 aromatic rings. The van der Waals surface area contributed by atoms with Gasteiger partial charge in [-0.05, 0) is 58.0 Å². The highest BCUT2D eigenvalue weighted by Gasteiger charge is 2.44. The molecule has 0 fully saturated rings. The van der Waals surface area contributed by atoms with E-state index in [9.17, 15) is 0 Å². The van der Waals surface area contributed by atoms with Crippen LogP contribution in [0.4, 0.5) is 0 Å². The van der Waals surface area contributed by atoms with Crippen LogP contribution in [-0.4, -0.2) is 14.2 Å². The van der Waals surface area contributed by atoms with E-state index in [4.69, 9.17) is 14.2 Å². The number of benzene rings is 5. The monoisotopic (exact) mass is 510 g/mol. The molecule has 3 heteroatoms. The molecule has 2 aliphatic rings. The quantitative estimate of drug-likeness (QED) is 0.243. The molecule has 7 rings (SSSR count). The van der Waals surface area contributed by atoms with Gasteiger partial charge in [0.2, 0.25) is 0 Å². The SMILES string of the molecule is COc1ccc(C2(c3ccc(OC)cc3)C=Cc3c4c(c5ccccc5c3O2)-c2ccccc2C4(C)C)cc1. The maximum absolute atomic E-state index is 7.30. The van der Waals surface area contributed by atoms with E-state index >= 15 is 0 Å². The summed E-state index contributed by atoms with van der Waals surface area (Å²) in [5, 5.41) is 2.34. The molecule has 0 bridgehead atoms. The Morgan fingerprint density at radius 2 is 1.21 bits per heavy atom. The number of hydrogen-bond donors (Lipinski definition) is 0. The summed E-state index contributed by atoms with van der Waals surface area (Å²) >= 11 is 0. The lowest BCUT2D eigenvalue weighted by atomic mass is 9.77. The number of fused-ring (bicyclic) bond motifs is 8. The van der Waals surface area contributed by atoms with E-state index in [1.54, 1.807) is 14.2 Å². The number of ether oxygens (including phenoxy) is 3. The van der Waals surface area contributed by atoms with Crippen molar-refractivity contribution in [2.24, 2.45) is 0 Å². The van der Waals surface area contributed by atoms with Gasteiger partial charge >= 0.3 is 0 Å². The van der Waals surface area contributed by atoms with Crippen molar-refractivity contribution in [1.82, 2.24) is 0 Å². The first-order chi connectivity index (χ1) is 19.0. The van der Waals surface area contributed by atoms with Crippen LogP contribution in [0.5, 0.6) is 17.2 Å². The zero-order chi connectivity index (χ0) is 26.8. The number of rotatable bonds is 4. The Hall–Kier alpha value is -4.50. The van der Waals surface area contributed by atoms with Gasteiger partial charge in [-0.15, -0.1) is 0 Å². The second-order valence-corrected chi connectivity index (χ2v) is 10.8. The molecule has 0 N–H and O–H groups in total. The van der Waals surface area contributed by atoms with Crippen LogP contribution in [0.15, 0.2) is 103 Å². The first-order valence-electron chi connectivity index (χ1n) is 13.3. The van der Waals surface area contributed by atoms with Crippen LogP contribution in [0.2, 0.25) is 0 Å². The summed E-state index contributed by atoms with van der Waals surface area (Å²) in [5.74, 6) is 2.54. The van der Waals surface area contributed by atoms with E-state index in [-0.39, 0.29) is 5.41 Å². The number of methoxy groups -OCH3 is 2. The van der Waals surface area contributed by atoms with Crippen LogP contribution in [0.1, 0.15) is 41.7 Å². The minimum atomic E-state index is -0.821. The minimum absolute atomic E-state index is 0.159. The van der Waals surface area contributed by atoms with Gasteiger partial charge in [-0.2, -0.15) is 0 Å². The molecule has 0 amide bonds. The van der Waals surface area contributed by atoms with E-state index in [1.165, 1.54) is 27.6 Å². The van der Waals surface area contributed by atoms with E-state index in [2.05, 4.69) is 98.8 Å². The summed E-state index contributed by atoms with van der Waals surface area (Å²) < 4.78 is 18.2. The Labute approximate surface area is 229 Å². The second kappa shape index (κ2) is 8.51. The van der Waals surface area contributed by atoms with Crippen LogP contribution < -0.4 is 14.2 Å². The maximum atomic E-state index is 7.30. The summed E-state index contributed by atoms with van der Waals surface area (Å²) in [5.41, 5.74) is 7.55. The van der Waals surface area contributed by atoms with E-state index < -0.39 is 5.60 Å². The minimum Gasteiger partial charge on any atom is -0.497 e. The number of hydrogen-bond acceptors (Lipinski definition) is 3. The average Bonchev–Trinajstić information content (AvgIpc) is 3.24. The van der Waals surface area contributed by atoms with Gasteiger partial charge in [-0.3, -0.25) is 0 Å². The zero-order valence-electron chi connectivity index (χ0n) is 22.6. The summed E-state index contributed by atoms with van der Waals surface area (Å²) in [6.45, 7) is 4.66. The average molecular weight is 511 g/mol. The van der Waals surface area contributed by atoms with Crippen molar-refractivity contribution in [2.75, 3.05) is 14.2 Å². The van der Waals surface area contributed by atoms with Crippen molar-refractivity contribution in [3.05, 3.63) is 131 Å². The molecule has 0 saturated carbocycles. The van der Waals surface area contributed by atoms with Crippen molar-refractivity contribution in [2.45, 2.75) is 24.9 Å². The predicted molar refractivity (Wildman–Crippen MR) is 158 cm³/mol. The van der Waals surface area contributed by atoms with Crippen LogP contribution in [0.25, 0.3) is 28.0 Å². The lowest BCUT2D eigenvalue weighted by Crippen LogP contribution is -2.35. The Morgan fingerprint density at radius 3 is 1.82 bits per heavy atom. The van der Waals surface area contributed by atoms with Crippen molar-refractivity contribution < 1.29 is 14.2 Å². The topological polar surface area (TPSA) is 27.7 Å². The summed E-state index contributed by atoms with van der Waals surface area (Å²) in [6, 6.07) is 33.8. The van der Waals surface area contributed by atoms with Crippen LogP contribution in [0, 0.1) is 0 Å². The molecule has 192 valence electrons. The van der Waals surface area contributed by atoms with E-state index in [1.807, 2.05) is 24.3 Å². The molecule has 0 aromatic heterocycles. The molecule has 1 aliphatic heterocycles. The predicted octanol–water partition coefficient (Wildman–Crippen LogP) is 8.51. The lowest BCUT2D eigenvalue weighted by Gasteiger charge is -2.38. The largest absolute Gasteiger partial charge is 0.497 e. The van der Waals surface area contributed by atoms with Gasteiger partial charge in [0.05, 0.1) is 14.2 Å². The molecule has 0 saturated heterocycles. The van der Waals surface area contributed by atoms with Crippen molar-refractivity contribution >= 4 is 16.8 Å². The third-order valence-corrected chi connectivity index (χ3v) is 8.49. The first-order valence-corrected chi connectivity index (χ1v) is 13.3. The third kappa shape index (κ3) is 3.29. The van der Waals surface area contributed by atoms with E-state index in [0.29, 0.717) is 0 Å². The standard InChI is InChI=1S/C36H30O3/c1-35(2)31-12-8-7-11-29(31)32-27-9-5-6-10-28(27)34-30(33(32)35)21-22-36(39-34,23-13-17-25(37-3)18-14-23)24-15-19-26(38-4)20-16-24/h5-22H,1-4H3. The Morgan fingerprint density at radius 1 is 0.641 bits per heavy atom. The van der Waals surface area contributed by atoms with Gasteiger partial charge in [0.1, 0.15) is 17.2 Å². The van der Waals surface area contributed by atoms with Gasteiger partial charge < -0.3 is 14.2 Å². The summed E-state index contributed by atoms with van der Waals surface area (Å²) in [6.07, 6.45) is 4.50. The molecule has 5 aromatic carbocycles. The Balaban J connectivity index is 1.52. The van der Waals surface area contributed by atoms with Crippen molar-refractivity contribution in [3.8, 4) is 28.4 Å². The fourth-order valence-electron chi connectivity index (χ4n) is 6.56. The van der Waals surface area contributed by atoms with Gasteiger partial charge in [0.25, 0.3) is 0 Å². The zero-order valence-corrected chi connectivity index (χ0v) is 22.6. The highest BCUT2D eigenvalue weighted by molar-refractivity contribution is 6.08. The highest BCUT2D eigenvalue weighted by Crippen LogP contribution is 2.58. The summed E-state index contributed by atoms with van der Waals surface area (Å²) in [4.78, 5) is 0. The smallest absolute Gasteiger partial charge is 0.178 e. The molecular weight excluding hydrogens is 480 g/mol. The Bertz CT molecular complexity index is 1710. The van der Waals surface area contributed by atoms with Crippen molar-refractivity contribution in [1.29, 1.82) is 0 Å². The van der Waals surface area contributed by atoms with Crippen LogP contribution >= 0.6 is 0 Å². The fourth-order valence-corrected chi connectivity index (χ4v) is 6.56. The van der Waals surface area contributed by atoms with Crippen LogP contribution in [-0.2, 0) is 11.0 Å². The van der Waals surface area contributed by atoms with Gasteiger partial charge in [-0.25, -0.2) is 0 Å². The van der Waals surface area contributed by atoms with Gasteiger partial charge in [0, 0.05) is 27.5 Å². The molecule has 3 nitrogen and oxygen atoms in total. The molecule has 1 heterocycles. The maximum Gasteiger partial charge on any atom is 0.178 e. The van der Waals surface area contributed by atoms with Gasteiger partial charge in [0.15, 0.2) is 5.60 Å². The summed E-state index contributed by atoms with van der Waals surface area (Å²) in [7, 11) is 3.38. The molecule has 0 unspecified atom stereocenters. The molecule has 1 aliphatic carbocycles. The third-order valence-electron chi connectivity index (χ3n) is 8.49. The molecule has 0 atom stereocenters. The second-order valence-electron chi connectivity index (χ2n) is 10.8. The molecule has 0 radical (unpaired) electrons. The van der Waals surface area contributed by atoms with Crippen LogP contribution in [0.3, 0.4) is 0 Å². The highest BCUT2D eigenvalue weighted by atomic mass is 16.5. The molecule has 39 heavy (non-hydrogen) atoms. The molecular formula is C36H30O3. The fraction of sp³-hybridized carbons (Fsp3) is 0.167. The lowest BCUT2D eigenvalue weighted by molar-refractivity contribution is 0.163. The Kier molecular flexibility index (Phi) is 5.15. The van der Waals surface area contributed by atoms with Crippen molar-refractivity contribution in [3.63, 3.8) is 0 Å². The first kappa shape index (κ1) is 23.6. The normalized spacial score (nSPS) is 15.7. The van der Waals surface area contributed by atoms with Gasteiger partial charge in [-0.1, -0.05) is 92.7 Å².